The highest BCUT2D eigenvalue weighted by atomic mass is 17.0. The van der Waals surface area contributed by atoms with Gasteiger partial charge in [-0.3, -0.25) is 10.5 Å². The van der Waals surface area contributed by atoms with Crippen molar-refractivity contribution < 1.29 is 10.5 Å². The maximum Gasteiger partial charge on any atom is -0.0216 e. The maximum atomic E-state index is 6.00. The standard InChI is InChI=1S/C11H16.H2O2/c1-8(2)11-6-5-9(3)7-10(11)4;1-2/h5-8H,1-4H3;1-2H. The molecule has 1 aromatic rings. The fourth-order valence-corrected chi connectivity index (χ4v) is 1.47. The van der Waals surface area contributed by atoms with Gasteiger partial charge < -0.3 is 0 Å². The summed E-state index contributed by atoms with van der Waals surface area (Å²) in [5, 5.41) is 12.0. The number of hydrogen-bond acceptors (Lipinski definition) is 2. The van der Waals surface area contributed by atoms with Gasteiger partial charge in [0.05, 0.1) is 0 Å². The van der Waals surface area contributed by atoms with Gasteiger partial charge in [-0.1, -0.05) is 37.6 Å². The Morgan fingerprint density at radius 3 is 2.00 bits per heavy atom. The van der Waals surface area contributed by atoms with Gasteiger partial charge in [0.15, 0.2) is 0 Å². The molecule has 0 aromatic heterocycles. The third kappa shape index (κ3) is 3.57. The molecule has 0 aliphatic rings. The lowest BCUT2D eigenvalue weighted by Gasteiger charge is -2.09. The zero-order valence-electron chi connectivity index (χ0n) is 8.70. The van der Waals surface area contributed by atoms with Crippen LogP contribution in [0, 0.1) is 13.8 Å². The highest BCUT2D eigenvalue weighted by molar-refractivity contribution is 5.32. The van der Waals surface area contributed by atoms with Crippen LogP contribution in [-0.2, 0) is 0 Å². The van der Waals surface area contributed by atoms with Gasteiger partial charge in [0.2, 0.25) is 0 Å². The molecule has 0 bridgehead atoms. The van der Waals surface area contributed by atoms with Crippen LogP contribution < -0.4 is 0 Å². The first kappa shape index (κ1) is 12.1. The monoisotopic (exact) mass is 182 g/mol. The van der Waals surface area contributed by atoms with Gasteiger partial charge in [-0.2, -0.15) is 0 Å². The van der Waals surface area contributed by atoms with Crippen molar-refractivity contribution in [3.05, 3.63) is 34.9 Å². The molecule has 0 unspecified atom stereocenters. The molecular formula is C11H18O2. The molecule has 0 atom stereocenters. The zero-order valence-corrected chi connectivity index (χ0v) is 8.70. The fourth-order valence-electron chi connectivity index (χ4n) is 1.47. The summed E-state index contributed by atoms with van der Waals surface area (Å²) in [6.07, 6.45) is 0. The highest BCUT2D eigenvalue weighted by Gasteiger charge is 2.01. The van der Waals surface area contributed by atoms with Crippen molar-refractivity contribution in [1.29, 1.82) is 0 Å². The Morgan fingerprint density at radius 1 is 1.08 bits per heavy atom. The molecule has 0 fully saturated rings. The summed E-state index contributed by atoms with van der Waals surface area (Å²) < 4.78 is 0. The molecule has 1 rings (SSSR count). The second-order valence-corrected chi connectivity index (χ2v) is 3.51. The Balaban J connectivity index is 0.000000671. The van der Waals surface area contributed by atoms with E-state index in [1.807, 2.05) is 0 Å². The highest BCUT2D eigenvalue weighted by Crippen LogP contribution is 2.19. The lowest BCUT2D eigenvalue weighted by atomic mass is 9.97. The Hall–Kier alpha value is -0.860. The number of hydrogen-bond donors (Lipinski definition) is 2. The molecule has 2 nitrogen and oxygen atoms in total. The van der Waals surface area contributed by atoms with Crippen molar-refractivity contribution in [2.24, 2.45) is 0 Å². The summed E-state index contributed by atoms with van der Waals surface area (Å²) in [7, 11) is 0. The van der Waals surface area contributed by atoms with Gasteiger partial charge in [0.25, 0.3) is 0 Å². The van der Waals surface area contributed by atoms with E-state index in [9.17, 15) is 0 Å². The third-order valence-corrected chi connectivity index (χ3v) is 2.05. The van der Waals surface area contributed by atoms with E-state index in [4.69, 9.17) is 10.5 Å². The van der Waals surface area contributed by atoms with Crippen LogP contribution in [0.1, 0.15) is 36.5 Å². The lowest BCUT2D eigenvalue weighted by molar-refractivity contribution is -0.176. The Kier molecular flexibility index (Phi) is 5.35. The molecule has 0 amide bonds. The van der Waals surface area contributed by atoms with Gasteiger partial charge in [0, 0.05) is 0 Å². The van der Waals surface area contributed by atoms with Gasteiger partial charge >= 0.3 is 0 Å². The van der Waals surface area contributed by atoms with Crippen LogP contribution in [0.3, 0.4) is 0 Å². The molecule has 74 valence electrons. The molecule has 0 aliphatic heterocycles. The summed E-state index contributed by atoms with van der Waals surface area (Å²) in [5.74, 6) is 0.649. The molecule has 0 heterocycles. The summed E-state index contributed by atoms with van der Waals surface area (Å²) >= 11 is 0. The summed E-state index contributed by atoms with van der Waals surface area (Å²) in [6.45, 7) is 8.79. The summed E-state index contributed by atoms with van der Waals surface area (Å²) in [4.78, 5) is 0. The van der Waals surface area contributed by atoms with Crippen LogP contribution in [0.25, 0.3) is 0 Å². The molecule has 0 saturated carbocycles. The summed E-state index contributed by atoms with van der Waals surface area (Å²) in [6, 6.07) is 6.66. The quantitative estimate of drug-likeness (QED) is 0.516. The molecule has 0 spiro atoms. The Morgan fingerprint density at radius 2 is 1.62 bits per heavy atom. The zero-order chi connectivity index (χ0) is 10.4. The minimum atomic E-state index is 0.649. The van der Waals surface area contributed by atoms with Crippen LogP contribution in [0.2, 0.25) is 0 Å². The maximum absolute atomic E-state index is 6.00. The topological polar surface area (TPSA) is 40.5 Å². The van der Waals surface area contributed by atoms with Crippen LogP contribution >= 0.6 is 0 Å². The smallest absolute Gasteiger partial charge is 0.0216 e. The minimum absolute atomic E-state index is 0.649. The van der Waals surface area contributed by atoms with E-state index in [0.717, 1.165) is 0 Å². The SMILES string of the molecule is Cc1ccc(C(C)C)c(C)c1.OO. The van der Waals surface area contributed by atoms with Gasteiger partial charge in [0.1, 0.15) is 0 Å². The second-order valence-electron chi connectivity index (χ2n) is 3.51. The van der Waals surface area contributed by atoms with Crippen molar-refractivity contribution in [2.75, 3.05) is 0 Å². The first-order valence-electron chi connectivity index (χ1n) is 4.38. The average Bonchev–Trinajstić information content (AvgIpc) is 2.07. The molecule has 2 heteroatoms. The van der Waals surface area contributed by atoms with E-state index in [1.165, 1.54) is 16.7 Å². The van der Waals surface area contributed by atoms with E-state index in [1.54, 1.807) is 0 Å². The first-order chi connectivity index (χ1) is 6.11. The van der Waals surface area contributed by atoms with E-state index < -0.39 is 0 Å². The van der Waals surface area contributed by atoms with Gasteiger partial charge in [-0.25, -0.2) is 0 Å². The number of benzene rings is 1. The molecule has 13 heavy (non-hydrogen) atoms. The van der Waals surface area contributed by atoms with Crippen molar-refractivity contribution in [2.45, 2.75) is 33.6 Å². The first-order valence-corrected chi connectivity index (χ1v) is 4.38. The van der Waals surface area contributed by atoms with Crippen molar-refractivity contribution in [3.63, 3.8) is 0 Å². The Labute approximate surface area is 79.8 Å². The Bertz CT molecular complexity index is 254. The molecule has 2 N–H and O–H groups in total. The number of rotatable bonds is 1. The predicted octanol–water partition coefficient (Wildman–Crippen LogP) is 3.44. The number of aryl methyl sites for hydroxylation is 2. The molecular weight excluding hydrogens is 164 g/mol. The van der Waals surface area contributed by atoms with Gasteiger partial charge in [-0.15, -0.1) is 0 Å². The fraction of sp³-hybridized carbons (Fsp3) is 0.455. The predicted molar refractivity (Wildman–Crippen MR) is 55.3 cm³/mol. The third-order valence-electron chi connectivity index (χ3n) is 2.05. The second kappa shape index (κ2) is 5.73. The normalized spacial score (nSPS) is 9.46. The van der Waals surface area contributed by atoms with E-state index in [0.29, 0.717) is 5.92 Å². The van der Waals surface area contributed by atoms with Crippen molar-refractivity contribution in [1.82, 2.24) is 0 Å². The molecule has 1 aromatic carbocycles. The van der Waals surface area contributed by atoms with Crippen LogP contribution in [0.4, 0.5) is 0 Å². The van der Waals surface area contributed by atoms with Crippen LogP contribution in [0.5, 0.6) is 0 Å². The van der Waals surface area contributed by atoms with Crippen LogP contribution in [-0.4, -0.2) is 10.5 Å². The van der Waals surface area contributed by atoms with Gasteiger partial charge in [-0.05, 0) is 30.9 Å². The van der Waals surface area contributed by atoms with Crippen molar-refractivity contribution >= 4 is 0 Å². The average molecular weight is 182 g/mol. The van der Waals surface area contributed by atoms with Crippen LogP contribution in [0.15, 0.2) is 18.2 Å². The van der Waals surface area contributed by atoms with E-state index in [2.05, 4.69) is 45.9 Å². The molecule has 0 saturated heterocycles. The molecule has 0 aliphatic carbocycles. The largest absolute Gasteiger partial charge is 0.255 e. The lowest BCUT2D eigenvalue weighted by Crippen LogP contribution is -1.91. The molecule has 0 radical (unpaired) electrons. The van der Waals surface area contributed by atoms with Crippen molar-refractivity contribution in [3.8, 4) is 0 Å². The minimum Gasteiger partial charge on any atom is -0.255 e. The van der Waals surface area contributed by atoms with E-state index >= 15 is 0 Å². The van der Waals surface area contributed by atoms with E-state index in [-0.39, 0.29) is 0 Å². The summed E-state index contributed by atoms with van der Waals surface area (Å²) in [5.41, 5.74) is 4.24.